The number of cyclic esters (lactones) is 1. The second-order valence-electron chi connectivity index (χ2n) is 4.16. The number of amides is 1. The van der Waals surface area contributed by atoms with Crippen LogP contribution in [0.25, 0.3) is 0 Å². The Morgan fingerprint density at radius 1 is 1.47 bits per heavy atom. The number of rotatable bonds is 2. The van der Waals surface area contributed by atoms with Gasteiger partial charge in [0.15, 0.2) is 5.60 Å². The summed E-state index contributed by atoms with van der Waals surface area (Å²) in [6, 6.07) is 0. The molecule has 8 heteroatoms. The number of carbonyl (C=O) groups is 1. The summed E-state index contributed by atoms with van der Waals surface area (Å²) >= 11 is 5.65. The number of nitrogens with zero attached hydrogens (tertiary/aromatic N) is 1. The minimum absolute atomic E-state index is 0.693. The molecule has 0 saturated carbocycles. The van der Waals surface area contributed by atoms with Crippen molar-refractivity contribution in [1.29, 1.82) is 0 Å². The van der Waals surface area contributed by atoms with E-state index in [1.807, 2.05) is 0 Å². The van der Waals surface area contributed by atoms with Crippen LogP contribution in [-0.4, -0.2) is 40.4 Å². The Bertz CT molecular complexity index is 392. The molecule has 0 aromatic heterocycles. The summed E-state index contributed by atoms with van der Waals surface area (Å²) in [4.78, 5) is 11.2. The van der Waals surface area contributed by atoms with Gasteiger partial charge in [-0.25, -0.2) is 9.21 Å². The molecule has 1 saturated heterocycles. The zero-order chi connectivity index (χ0) is 12.1. The van der Waals surface area contributed by atoms with E-state index in [0.717, 1.165) is 4.42 Å². The Hall–Kier alpha value is -0.530. The molecule has 1 fully saturated rings. The smallest absolute Gasteiger partial charge is 0.425 e. The highest BCUT2D eigenvalue weighted by atomic mass is 35.5. The number of hydrogen-bond donors (Lipinski definition) is 1. The second kappa shape index (κ2) is 3.23. The van der Waals surface area contributed by atoms with E-state index in [1.165, 1.54) is 6.92 Å². The third-order valence-electron chi connectivity index (χ3n) is 2.72. The van der Waals surface area contributed by atoms with Gasteiger partial charge in [0.05, 0.1) is 5.54 Å². The first-order valence-electron chi connectivity index (χ1n) is 4.14. The zero-order valence-electron chi connectivity index (χ0n) is 8.52. The average molecular weight is 258 g/mol. The Balaban J connectivity index is 3.10. The van der Waals surface area contributed by atoms with Crippen LogP contribution < -0.4 is 0 Å². The lowest BCUT2D eigenvalue weighted by Crippen LogP contribution is -2.53. The summed E-state index contributed by atoms with van der Waals surface area (Å²) in [7, 11) is -4.25. The van der Waals surface area contributed by atoms with Crippen LogP contribution >= 0.6 is 11.8 Å². The van der Waals surface area contributed by atoms with Crippen LogP contribution in [0.3, 0.4) is 0 Å². The number of ether oxygens (including phenoxy) is 1. The summed E-state index contributed by atoms with van der Waals surface area (Å²) in [5.74, 6) is -0.693. The molecule has 0 radical (unpaired) electrons. The third kappa shape index (κ3) is 2.04. The molecule has 0 aromatic carbocycles. The van der Waals surface area contributed by atoms with Gasteiger partial charge < -0.3 is 4.74 Å². The van der Waals surface area contributed by atoms with Crippen molar-refractivity contribution in [2.75, 3.05) is 5.75 Å². The maximum atomic E-state index is 11.2. The molecular formula is C7H12ClNO5S. The van der Waals surface area contributed by atoms with E-state index in [4.69, 9.17) is 21.1 Å². The predicted octanol–water partition coefficient (Wildman–Crippen LogP) is 1.02. The molecule has 1 unspecified atom stereocenters. The summed E-state index contributed by atoms with van der Waals surface area (Å²) in [6.07, 6.45) is -0.826. The van der Waals surface area contributed by atoms with Crippen molar-refractivity contribution >= 4 is 28.0 Å². The molecule has 0 spiro atoms. The first-order valence-corrected chi connectivity index (χ1v) is 6.08. The molecule has 88 valence electrons. The van der Waals surface area contributed by atoms with Crippen LogP contribution in [0.5, 0.6) is 0 Å². The van der Waals surface area contributed by atoms with Crippen molar-refractivity contribution in [2.24, 2.45) is 0 Å². The van der Waals surface area contributed by atoms with Gasteiger partial charge in [-0.1, -0.05) is 0 Å². The summed E-state index contributed by atoms with van der Waals surface area (Å²) in [5, 5.41) is 0. The Labute approximate surface area is 93.0 Å². The molecule has 6 nitrogen and oxygen atoms in total. The molecule has 0 bridgehead atoms. The van der Waals surface area contributed by atoms with Crippen LogP contribution in [-0.2, 0) is 14.9 Å². The van der Waals surface area contributed by atoms with E-state index >= 15 is 0 Å². The molecular weight excluding hydrogens is 246 g/mol. The minimum Gasteiger partial charge on any atom is -0.438 e. The molecule has 1 amide bonds. The fraction of sp³-hybridized carbons (Fsp3) is 0.857. The molecule has 1 heterocycles. The highest BCUT2D eigenvalue weighted by molar-refractivity contribution is 7.85. The van der Waals surface area contributed by atoms with Gasteiger partial charge >= 0.3 is 6.09 Å². The molecule has 1 rings (SSSR count). The zero-order valence-corrected chi connectivity index (χ0v) is 10.1. The normalized spacial score (nSPS) is 30.5. The lowest BCUT2D eigenvalue weighted by Gasteiger charge is -2.35. The summed E-state index contributed by atoms with van der Waals surface area (Å²) in [6.45, 7) is 4.51. The van der Waals surface area contributed by atoms with Crippen molar-refractivity contribution in [3.8, 4) is 0 Å². The van der Waals surface area contributed by atoms with E-state index in [2.05, 4.69) is 0 Å². The van der Waals surface area contributed by atoms with Gasteiger partial charge in [-0.05, 0) is 20.8 Å². The fourth-order valence-corrected chi connectivity index (χ4v) is 2.67. The Morgan fingerprint density at radius 3 is 2.20 bits per heavy atom. The number of hydrogen-bond acceptors (Lipinski definition) is 4. The maximum Gasteiger partial charge on any atom is 0.425 e. The molecule has 1 aliphatic rings. The van der Waals surface area contributed by atoms with E-state index < -0.39 is 33.1 Å². The second-order valence-corrected chi connectivity index (χ2v) is 5.96. The summed E-state index contributed by atoms with van der Waals surface area (Å²) in [5.41, 5.74) is -2.40. The van der Waals surface area contributed by atoms with Gasteiger partial charge in [0, 0.05) is 11.8 Å². The van der Waals surface area contributed by atoms with E-state index in [0.29, 0.717) is 0 Å². The van der Waals surface area contributed by atoms with Crippen LogP contribution in [0.1, 0.15) is 20.8 Å². The maximum absolute atomic E-state index is 11.2. The lowest BCUT2D eigenvalue weighted by molar-refractivity contribution is 0.0424. The van der Waals surface area contributed by atoms with Crippen molar-refractivity contribution in [1.82, 2.24) is 4.42 Å². The molecule has 15 heavy (non-hydrogen) atoms. The minimum atomic E-state index is -4.25. The van der Waals surface area contributed by atoms with Crippen LogP contribution in [0.2, 0.25) is 0 Å². The first-order chi connectivity index (χ1) is 6.50. The van der Waals surface area contributed by atoms with Gasteiger partial charge in [0.1, 0.15) is 5.75 Å². The molecule has 0 aliphatic carbocycles. The molecule has 1 N–H and O–H groups in total. The predicted molar refractivity (Wildman–Crippen MR) is 53.1 cm³/mol. The van der Waals surface area contributed by atoms with Gasteiger partial charge in [-0.2, -0.15) is 8.42 Å². The third-order valence-corrected chi connectivity index (χ3v) is 4.19. The largest absolute Gasteiger partial charge is 0.438 e. The van der Waals surface area contributed by atoms with Crippen molar-refractivity contribution in [2.45, 2.75) is 31.9 Å². The lowest BCUT2D eigenvalue weighted by atomic mass is 9.87. The molecule has 1 aliphatic heterocycles. The van der Waals surface area contributed by atoms with Crippen LogP contribution in [0.4, 0.5) is 4.79 Å². The molecule has 1 atom stereocenters. The standard InChI is InChI=1S/C7H12ClNO5S/c1-6(2)7(3,4-15(11,12)13)14-5(10)9(6)8/h4H2,1-3H3,(H,11,12,13). The van der Waals surface area contributed by atoms with Crippen molar-refractivity contribution in [3.63, 3.8) is 0 Å². The molecule has 0 aromatic rings. The van der Waals surface area contributed by atoms with Crippen molar-refractivity contribution in [3.05, 3.63) is 0 Å². The van der Waals surface area contributed by atoms with Gasteiger partial charge in [0.2, 0.25) is 0 Å². The topological polar surface area (TPSA) is 83.9 Å². The highest BCUT2D eigenvalue weighted by Crippen LogP contribution is 2.40. The quantitative estimate of drug-likeness (QED) is 0.590. The summed E-state index contributed by atoms with van der Waals surface area (Å²) < 4.78 is 36.0. The number of carbonyl (C=O) groups excluding carboxylic acids is 1. The van der Waals surface area contributed by atoms with Gasteiger partial charge in [0.25, 0.3) is 10.1 Å². The van der Waals surface area contributed by atoms with Crippen molar-refractivity contribution < 1.29 is 22.5 Å². The van der Waals surface area contributed by atoms with E-state index in [-0.39, 0.29) is 0 Å². The van der Waals surface area contributed by atoms with Crippen LogP contribution in [0.15, 0.2) is 0 Å². The fourth-order valence-electron chi connectivity index (χ4n) is 1.35. The average Bonchev–Trinajstić information content (AvgIpc) is 2.09. The monoisotopic (exact) mass is 257 g/mol. The van der Waals surface area contributed by atoms with Gasteiger partial charge in [-0.3, -0.25) is 4.55 Å². The Morgan fingerprint density at radius 2 is 1.93 bits per heavy atom. The van der Waals surface area contributed by atoms with E-state index in [1.54, 1.807) is 13.8 Å². The first kappa shape index (κ1) is 12.5. The Kier molecular flexibility index (Phi) is 2.70. The number of halogens is 1. The van der Waals surface area contributed by atoms with Gasteiger partial charge in [-0.15, -0.1) is 0 Å². The van der Waals surface area contributed by atoms with Crippen LogP contribution in [0, 0.1) is 0 Å². The van der Waals surface area contributed by atoms with E-state index in [9.17, 15) is 13.2 Å². The SMILES string of the molecule is CC1(CS(=O)(=O)O)OC(=O)N(Cl)C1(C)C. The highest BCUT2D eigenvalue weighted by Gasteiger charge is 2.58.